The maximum Gasteiger partial charge on any atom is 0.321 e. The summed E-state index contributed by atoms with van der Waals surface area (Å²) in [6, 6.07) is 4.90. The van der Waals surface area contributed by atoms with Crippen molar-refractivity contribution in [3.05, 3.63) is 38.8 Å². The molecule has 2 amide bonds. The van der Waals surface area contributed by atoms with Crippen molar-refractivity contribution >= 4 is 45.7 Å². The molecular formula is C13H14Cl2N4OS. The van der Waals surface area contributed by atoms with E-state index in [2.05, 4.69) is 20.8 Å². The molecule has 0 radical (unpaired) electrons. The Hall–Kier alpha value is -1.37. The molecule has 0 atom stereocenters. The molecule has 0 spiro atoms. The van der Waals surface area contributed by atoms with Crippen LogP contribution >= 0.6 is 34.5 Å². The first-order valence-electron chi connectivity index (χ1n) is 6.13. The Morgan fingerprint density at radius 3 is 2.52 bits per heavy atom. The molecule has 0 aliphatic rings. The van der Waals surface area contributed by atoms with E-state index in [9.17, 15) is 4.79 Å². The third-order valence-corrected chi connectivity index (χ3v) is 4.31. The third-order valence-electron chi connectivity index (χ3n) is 2.81. The summed E-state index contributed by atoms with van der Waals surface area (Å²) in [5.74, 6) is 0. The number of halogens is 2. The Kier molecular flexibility index (Phi) is 4.70. The number of amides is 2. The zero-order chi connectivity index (χ0) is 15.6. The van der Waals surface area contributed by atoms with Crippen molar-refractivity contribution in [2.75, 3.05) is 5.32 Å². The summed E-state index contributed by atoms with van der Waals surface area (Å²) >= 11 is 13.2. The number of carbonyl (C=O) groups excluding carboxylic acids is 1. The molecule has 2 aromatic rings. The van der Waals surface area contributed by atoms with E-state index in [1.165, 1.54) is 11.3 Å². The molecule has 2 rings (SSSR count). The molecular weight excluding hydrogens is 331 g/mol. The van der Waals surface area contributed by atoms with Crippen molar-refractivity contribution in [2.45, 2.75) is 26.3 Å². The number of aryl methyl sites for hydroxylation is 1. The first-order valence-corrected chi connectivity index (χ1v) is 7.70. The van der Waals surface area contributed by atoms with Gasteiger partial charge in [0.25, 0.3) is 0 Å². The van der Waals surface area contributed by atoms with E-state index in [-0.39, 0.29) is 6.03 Å². The average molecular weight is 345 g/mol. The number of urea groups is 1. The second-order valence-electron chi connectivity index (χ2n) is 4.96. The van der Waals surface area contributed by atoms with Gasteiger partial charge in [0.15, 0.2) is 0 Å². The Morgan fingerprint density at radius 1 is 1.24 bits per heavy atom. The van der Waals surface area contributed by atoms with Crippen LogP contribution < -0.4 is 10.6 Å². The molecule has 0 saturated carbocycles. The third kappa shape index (κ3) is 4.06. The van der Waals surface area contributed by atoms with Gasteiger partial charge in [0.05, 0.1) is 15.6 Å². The molecule has 1 aromatic heterocycles. The van der Waals surface area contributed by atoms with Gasteiger partial charge in [-0.15, -0.1) is 10.2 Å². The molecule has 1 aromatic carbocycles. The van der Waals surface area contributed by atoms with E-state index >= 15 is 0 Å². The van der Waals surface area contributed by atoms with Gasteiger partial charge in [-0.3, -0.25) is 5.32 Å². The second-order valence-corrected chi connectivity index (χ2v) is 6.96. The maximum absolute atomic E-state index is 12.0. The number of aromatic nitrogens is 2. The lowest BCUT2D eigenvalue weighted by atomic mass is 9.94. The van der Waals surface area contributed by atoms with Crippen LogP contribution in [-0.2, 0) is 5.54 Å². The van der Waals surface area contributed by atoms with Gasteiger partial charge in [-0.2, -0.15) is 0 Å². The van der Waals surface area contributed by atoms with Gasteiger partial charge in [-0.1, -0.05) is 40.6 Å². The highest BCUT2D eigenvalue weighted by atomic mass is 35.5. The lowest BCUT2D eigenvalue weighted by Gasteiger charge is -2.27. The van der Waals surface area contributed by atoms with E-state index in [1.807, 2.05) is 26.8 Å². The van der Waals surface area contributed by atoms with Crippen LogP contribution in [0.3, 0.4) is 0 Å². The lowest BCUT2D eigenvalue weighted by molar-refractivity contribution is 0.242. The lowest BCUT2D eigenvalue weighted by Crippen LogP contribution is -2.43. The Balaban J connectivity index is 2.09. The molecule has 112 valence electrons. The molecule has 0 aliphatic heterocycles. The largest absolute Gasteiger partial charge is 0.329 e. The average Bonchev–Trinajstić information content (AvgIpc) is 2.77. The van der Waals surface area contributed by atoms with Crippen molar-refractivity contribution in [2.24, 2.45) is 0 Å². The number of benzene rings is 1. The van der Waals surface area contributed by atoms with Crippen LogP contribution in [0.5, 0.6) is 0 Å². The van der Waals surface area contributed by atoms with Crippen molar-refractivity contribution in [3.63, 3.8) is 0 Å². The van der Waals surface area contributed by atoms with Gasteiger partial charge in [-0.05, 0) is 38.5 Å². The number of nitrogens with one attached hydrogen (secondary N) is 2. The smallest absolute Gasteiger partial charge is 0.321 e. The number of carbonyl (C=O) groups is 1. The Bertz CT molecular complexity index is 672. The predicted octanol–water partition coefficient (Wildman–Crippen LogP) is 4.21. The molecule has 8 heteroatoms. The van der Waals surface area contributed by atoms with Crippen molar-refractivity contribution in [1.29, 1.82) is 0 Å². The number of nitrogens with zero attached hydrogens (tertiary/aromatic N) is 2. The zero-order valence-electron chi connectivity index (χ0n) is 11.7. The Morgan fingerprint density at radius 2 is 1.95 bits per heavy atom. The summed E-state index contributed by atoms with van der Waals surface area (Å²) in [6.07, 6.45) is 0. The quantitative estimate of drug-likeness (QED) is 0.876. The van der Waals surface area contributed by atoms with Crippen molar-refractivity contribution < 1.29 is 4.79 Å². The normalized spacial score (nSPS) is 11.3. The van der Waals surface area contributed by atoms with Crippen LogP contribution in [-0.4, -0.2) is 16.2 Å². The fourth-order valence-corrected chi connectivity index (χ4v) is 2.60. The minimum absolute atomic E-state index is 0.359. The Labute approximate surface area is 136 Å². The zero-order valence-corrected chi connectivity index (χ0v) is 14.0. The molecule has 0 aliphatic carbocycles. The summed E-state index contributed by atoms with van der Waals surface area (Å²) in [6.45, 7) is 5.56. The maximum atomic E-state index is 12.0. The molecule has 2 N–H and O–H groups in total. The highest BCUT2D eigenvalue weighted by molar-refractivity contribution is 7.15. The molecule has 0 unspecified atom stereocenters. The number of anilines is 1. The van der Waals surface area contributed by atoms with Gasteiger partial charge in [0, 0.05) is 0 Å². The molecule has 21 heavy (non-hydrogen) atoms. The van der Waals surface area contributed by atoms with Gasteiger partial charge in [0.1, 0.15) is 5.01 Å². The monoisotopic (exact) mass is 344 g/mol. The van der Waals surface area contributed by atoms with E-state index in [4.69, 9.17) is 23.2 Å². The molecule has 0 fully saturated rings. The fraction of sp³-hybridized carbons (Fsp3) is 0.308. The van der Waals surface area contributed by atoms with E-state index in [1.54, 1.807) is 12.1 Å². The van der Waals surface area contributed by atoms with Crippen LogP contribution in [0.25, 0.3) is 0 Å². The minimum atomic E-state index is -0.613. The molecule has 1 heterocycles. The molecule has 0 saturated heterocycles. The van der Waals surface area contributed by atoms with Gasteiger partial charge >= 0.3 is 6.03 Å². The predicted molar refractivity (Wildman–Crippen MR) is 86.3 cm³/mol. The summed E-state index contributed by atoms with van der Waals surface area (Å²) < 4.78 is 0. The van der Waals surface area contributed by atoms with Crippen LogP contribution in [0.1, 0.15) is 24.4 Å². The van der Waals surface area contributed by atoms with Crippen LogP contribution in [0.4, 0.5) is 9.93 Å². The summed E-state index contributed by atoms with van der Waals surface area (Å²) in [7, 11) is 0. The minimum Gasteiger partial charge on any atom is -0.329 e. The van der Waals surface area contributed by atoms with Crippen LogP contribution in [0.15, 0.2) is 18.2 Å². The first-order chi connectivity index (χ1) is 9.78. The van der Waals surface area contributed by atoms with E-state index in [0.29, 0.717) is 15.2 Å². The van der Waals surface area contributed by atoms with Crippen molar-refractivity contribution in [3.8, 4) is 0 Å². The second kappa shape index (κ2) is 6.17. The SMILES string of the molecule is Cc1nnc(NC(=O)NC(C)(C)c2ccc(Cl)c(Cl)c2)s1. The van der Waals surface area contributed by atoms with Gasteiger partial charge < -0.3 is 5.32 Å². The standard InChI is InChI=1S/C13H14Cl2N4OS/c1-7-18-19-12(21-7)16-11(20)17-13(2,3)8-4-5-9(14)10(15)6-8/h4-6H,1-3H3,(H2,16,17,19,20). The number of hydrogen-bond donors (Lipinski definition) is 2. The highest BCUT2D eigenvalue weighted by Crippen LogP contribution is 2.28. The first kappa shape index (κ1) is 16.0. The number of hydrogen-bond acceptors (Lipinski definition) is 4. The highest BCUT2D eigenvalue weighted by Gasteiger charge is 2.24. The number of rotatable bonds is 3. The summed E-state index contributed by atoms with van der Waals surface area (Å²) in [4.78, 5) is 12.0. The summed E-state index contributed by atoms with van der Waals surface area (Å²) in [5.41, 5.74) is 0.235. The molecule has 5 nitrogen and oxygen atoms in total. The topological polar surface area (TPSA) is 66.9 Å². The van der Waals surface area contributed by atoms with Gasteiger partial charge in [-0.25, -0.2) is 4.79 Å². The van der Waals surface area contributed by atoms with E-state index < -0.39 is 5.54 Å². The fourth-order valence-electron chi connectivity index (χ4n) is 1.72. The molecule has 0 bridgehead atoms. The van der Waals surface area contributed by atoms with Crippen LogP contribution in [0.2, 0.25) is 10.0 Å². The van der Waals surface area contributed by atoms with Crippen molar-refractivity contribution in [1.82, 2.24) is 15.5 Å². The van der Waals surface area contributed by atoms with Crippen LogP contribution in [0, 0.1) is 6.92 Å². The summed E-state index contributed by atoms with van der Waals surface area (Å²) in [5, 5.41) is 15.4. The van der Waals surface area contributed by atoms with Gasteiger partial charge in [0.2, 0.25) is 5.13 Å². The van der Waals surface area contributed by atoms with E-state index in [0.717, 1.165) is 10.6 Å².